The van der Waals surface area contributed by atoms with Crippen LogP contribution in [0.25, 0.3) is 0 Å². The third-order valence-electron chi connectivity index (χ3n) is 2.73. The zero-order valence-electron chi connectivity index (χ0n) is 9.28. The Balaban J connectivity index is 1.86. The molecule has 15 heavy (non-hydrogen) atoms. The maximum absolute atomic E-state index is 5.67. The number of rotatable bonds is 4. The van der Waals surface area contributed by atoms with E-state index in [0.717, 1.165) is 19.7 Å². The first kappa shape index (κ1) is 10.6. The lowest BCUT2D eigenvalue weighted by molar-refractivity contribution is 0.00398. The summed E-state index contributed by atoms with van der Waals surface area (Å²) >= 11 is 0. The highest BCUT2D eigenvalue weighted by atomic mass is 16.5. The number of ether oxygens (including phenoxy) is 1. The summed E-state index contributed by atoms with van der Waals surface area (Å²) in [5.41, 5.74) is 1.23. The van der Waals surface area contributed by atoms with Gasteiger partial charge >= 0.3 is 0 Å². The van der Waals surface area contributed by atoms with Crippen LogP contribution in [0.1, 0.15) is 24.8 Å². The van der Waals surface area contributed by atoms with Crippen molar-refractivity contribution in [2.75, 3.05) is 13.7 Å². The number of nitrogens with one attached hydrogen (secondary N) is 1. The molecule has 1 fully saturated rings. The van der Waals surface area contributed by atoms with Crippen molar-refractivity contribution < 1.29 is 4.74 Å². The Morgan fingerprint density at radius 3 is 3.27 bits per heavy atom. The molecule has 1 atom stereocenters. The average molecular weight is 209 g/mol. The van der Waals surface area contributed by atoms with Gasteiger partial charge in [0.1, 0.15) is 0 Å². The van der Waals surface area contributed by atoms with Crippen molar-refractivity contribution in [3.8, 4) is 0 Å². The van der Waals surface area contributed by atoms with Gasteiger partial charge in [0.05, 0.1) is 18.8 Å². The Morgan fingerprint density at radius 1 is 1.60 bits per heavy atom. The smallest absolute Gasteiger partial charge is 0.0770 e. The van der Waals surface area contributed by atoms with Gasteiger partial charge in [-0.3, -0.25) is 4.68 Å². The summed E-state index contributed by atoms with van der Waals surface area (Å²) in [5.74, 6) is 0. The van der Waals surface area contributed by atoms with Gasteiger partial charge in [-0.05, 0) is 26.3 Å². The van der Waals surface area contributed by atoms with Gasteiger partial charge < -0.3 is 10.1 Å². The molecule has 1 aliphatic rings. The summed E-state index contributed by atoms with van der Waals surface area (Å²) in [7, 11) is 1.95. The molecule has 1 aliphatic heterocycles. The molecule has 0 bridgehead atoms. The first-order chi connectivity index (χ1) is 7.38. The van der Waals surface area contributed by atoms with E-state index in [-0.39, 0.29) is 0 Å². The maximum Gasteiger partial charge on any atom is 0.0770 e. The Bertz CT molecular complexity index is 292. The van der Waals surface area contributed by atoms with Crippen LogP contribution in [0.5, 0.6) is 0 Å². The molecule has 2 rings (SSSR count). The lowest BCUT2D eigenvalue weighted by Crippen LogP contribution is -2.24. The molecule has 0 amide bonds. The van der Waals surface area contributed by atoms with Crippen LogP contribution in [0.15, 0.2) is 12.4 Å². The van der Waals surface area contributed by atoms with Crippen LogP contribution in [0.3, 0.4) is 0 Å². The summed E-state index contributed by atoms with van der Waals surface area (Å²) in [5, 5.41) is 7.44. The standard InChI is InChI=1S/C11H19N3O/c1-12-6-10-7-13-14(8-10)9-11-4-2-3-5-15-11/h7-8,11-12H,2-6,9H2,1H3/t11-/m1/s1. The fourth-order valence-electron chi connectivity index (χ4n) is 1.96. The monoisotopic (exact) mass is 209 g/mol. The number of aromatic nitrogens is 2. The summed E-state index contributed by atoms with van der Waals surface area (Å²) < 4.78 is 7.66. The van der Waals surface area contributed by atoms with E-state index >= 15 is 0 Å². The van der Waals surface area contributed by atoms with E-state index in [2.05, 4.69) is 16.6 Å². The van der Waals surface area contributed by atoms with Crippen LogP contribution in [0.2, 0.25) is 0 Å². The molecule has 2 heterocycles. The Labute approximate surface area is 90.6 Å². The van der Waals surface area contributed by atoms with E-state index in [4.69, 9.17) is 4.74 Å². The topological polar surface area (TPSA) is 39.1 Å². The first-order valence-corrected chi connectivity index (χ1v) is 5.66. The highest BCUT2D eigenvalue weighted by Crippen LogP contribution is 2.14. The molecule has 1 saturated heterocycles. The maximum atomic E-state index is 5.67. The minimum atomic E-state index is 0.362. The van der Waals surface area contributed by atoms with Crippen molar-refractivity contribution in [3.05, 3.63) is 18.0 Å². The fourth-order valence-corrected chi connectivity index (χ4v) is 1.96. The molecule has 0 aromatic carbocycles. The predicted octanol–water partition coefficient (Wildman–Crippen LogP) is 1.17. The first-order valence-electron chi connectivity index (χ1n) is 5.66. The molecule has 0 radical (unpaired) electrons. The summed E-state index contributed by atoms with van der Waals surface area (Å²) in [4.78, 5) is 0. The van der Waals surface area contributed by atoms with Crippen LogP contribution in [0.4, 0.5) is 0 Å². The Kier molecular flexibility index (Phi) is 3.75. The molecule has 4 nitrogen and oxygen atoms in total. The third kappa shape index (κ3) is 3.04. The highest BCUT2D eigenvalue weighted by molar-refractivity contribution is 5.03. The van der Waals surface area contributed by atoms with Crippen LogP contribution < -0.4 is 5.32 Å². The lowest BCUT2D eigenvalue weighted by atomic mass is 10.1. The van der Waals surface area contributed by atoms with Gasteiger partial charge in [-0.2, -0.15) is 5.10 Å². The predicted molar refractivity (Wildman–Crippen MR) is 58.6 cm³/mol. The summed E-state index contributed by atoms with van der Waals surface area (Å²) in [6.45, 7) is 2.69. The molecule has 0 spiro atoms. The van der Waals surface area contributed by atoms with Gasteiger partial charge in [0.25, 0.3) is 0 Å². The molecule has 1 aromatic rings. The van der Waals surface area contributed by atoms with E-state index in [1.54, 1.807) is 0 Å². The quantitative estimate of drug-likeness (QED) is 0.809. The van der Waals surface area contributed by atoms with Crippen LogP contribution in [-0.4, -0.2) is 29.5 Å². The van der Waals surface area contributed by atoms with Crippen LogP contribution >= 0.6 is 0 Å². The zero-order valence-corrected chi connectivity index (χ0v) is 9.28. The largest absolute Gasteiger partial charge is 0.376 e. The normalized spacial score (nSPS) is 21.8. The van der Waals surface area contributed by atoms with E-state index in [0.29, 0.717) is 6.10 Å². The van der Waals surface area contributed by atoms with Gasteiger partial charge in [-0.15, -0.1) is 0 Å². The van der Waals surface area contributed by atoms with Crippen molar-refractivity contribution in [3.63, 3.8) is 0 Å². The zero-order chi connectivity index (χ0) is 10.5. The van der Waals surface area contributed by atoms with Crippen LogP contribution in [0, 0.1) is 0 Å². The highest BCUT2D eigenvalue weighted by Gasteiger charge is 2.14. The number of hydrogen-bond donors (Lipinski definition) is 1. The second-order valence-corrected chi connectivity index (χ2v) is 4.09. The second-order valence-electron chi connectivity index (χ2n) is 4.09. The number of nitrogens with zero attached hydrogens (tertiary/aromatic N) is 2. The number of hydrogen-bond acceptors (Lipinski definition) is 3. The van der Waals surface area contributed by atoms with Crippen molar-refractivity contribution in [1.29, 1.82) is 0 Å². The molecule has 0 unspecified atom stereocenters. The lowest BCUT2D eigenvalue weighted by Gasteiger charge is -2.22. The second kappa shape index (κ2) is 5.28. The Morgan fingerprint density at radius 2 is 2.53 bits per heavy atom. The van der Waals surface area contributed by atoms with Gasteiger partial charge in [-0.1, -0.05) is 0 Å². The third-order valence-corrected chi connectivity index (χ3v) is 2.73. The van der Waals surface area contributed by atoms with Crippen LogP contribution in [-0.2, 0) is 17.8 Å². The van der Waals surface area contributed by atoms with Gasteiger partial charge in [-0.25, -0.2) is 0 Å². The molecule has 0 aliphatic carbocycles. The van der Waals surface area contributed by atoms with Crippen molar-refractivity contribution >= 4 is 0 Å². The molecular weight excluding hydrogens is 190 g/mol. The molecule has 4 heteroatoms. The SMILES string of the molecule is CNCc1cnn(C[C@H]2CCCCO2)c1. The fraction of sp³-hybridized carbons (Fsp3) is 0.727. The van der Waals surface area contributed by atoms with Gasteiger partial charge in [0, 0.05) is 24.9 Å². The van der Waals surface area contributed by atoms with E-state index in [9.17, 15) is 0 Å². The van der Waals surface area contributed by atoms with Gasteiger partial charge in [0.2, 0.25) is 0 Å². The molecule has 1 N–H and O–H groups in total. The summed E-state index contributed by atoms with van der Waals surface area (Å²) in [6, 6.07) is 0. The van der Waals surface area contributed by atoms with Gasteiger partial charge in [0.15, 0.2) is 0 Å². The molecule has 0 saturated carbocycles. The minimum Gasteiger partial charge on any atom is -0.376 e. The molecule has 1 aromatic heterocycles. The molecule has 84 valence electrons. The van der Waals surface area contributed by atoms with Crippen molar-refractivity contribution in [2.24, 2.45) is 0 Å². The van der Waals surface area contributed by atoms with E-state index in [1.807, 2.05) is 17.9 Å². The van der Waals surface area contributed by atoms with Crippen molar-refractivity contribution in [1.82, 2.24) is 15.1 Å². The minimum absolute atomic E-state index is 0.362. The van der Waals surface area contributed by atoms with E-state index < -0.39 is 0 Å². The summed E-state index contributed by atoms with van der Waals surface area (Å²) in [6.07, 6.45) is 8.03. The average Bonchev–Trinajstić information content (AvgIpc) is 2.68. The Hall–Kier alpha value is -0.870. The molecular formula is C11H19N3O. The van der Waals surface area contributed by atoms with Crippen molar-refractivity contribution in [2.45, 2.75) is 38.5 Å². The van der Waals surface area contributed by atoms with E-state index in [1.165, 1.54) is 24.8 Å².